The summed E-state index contributed by atoms with van der Waals surface area (Å²) in [6.07, 6.45) is 22.4. The molecule has 8 saturated carbocycles. The second-order valence-electron chi connectivity index (χ2n) is 24.3. The highest BCUT2D eigenvalue weighted by Gasteiger charge is 2.63. The van der Waals surface area contributed by atoms with Crippen LogP contribution in [0, 0.1) is 80.8 Å². The summed E-state index contributed by atoms with van der Waals surface area (Å²) in [5.41, 5.74) is 4.98. The van der Waals surface area contributed by atoms with E-state index >= 15 is 0 Å². The van der Waals surface area contributed by atoms with Gasteiger partial charge in [0.15, 0.2) is 23.0 Å². The molecule has 8 aliphatic carbocycles. The van der Waals surface area contributed by atoms with Crippen molar-refractivity contribution in [2.45, 2.75) is 181 Å². The molecule has 64 heavy (non-hydrogen) atoms. The summed E-state index contributed by atoms with van der Waals surface area (Å²) in [7, 11) is 0. The lowest BCUT2D eigenvalue weighted by molar-refractivity contribution is -0.151. The number of carboxylic acids is 1. The highest BCUT2D eigenvalue weighted by Crippen LogP contribution is 2.70. The molecule has 0 radical (unpaired) electrons. The molecule has 14 nitrogen and oxygen atoms in total. The van der Waals surface area contributed by atoms with Gasteiger partial charge in [0.1, 0.15) is 13.1 Å². The van der Waals surface area contributed by atoms with Crippen molar-refractivity contribution in [3.63, 3.8) is 0 Å². The summed E-state index contributed by atoms with van der Waals surface area (Å²) >= 11 is 0. The molecule has 5 N–H and O–H groups in total. The van der Waals surface area contributed by atoms with Crippen LogP contribution >= 0.6 is 0 Å². The molecule has 2 aromatic heterocycles. The lowest BCUT2D eigenvalue weighted by atomic mass is 9.44. The van der Waals surface area contributed by atoms with Gasteiger partial charge in [0.05, 0.1) is 23.6 Å². The number of carbonyl (C=O) groups excluding carboxylic acids is 3. The summed E-state index contributed by atoms with van der Waals surface area (Å²) < 4.78 is 2.85. The van der Waals surface area contributed by atoms with E-state index in [1.165, 1.54) is 60.3 Å². The van der Waals surface area contributed by atoms with Crippen LogP contribution < -0.4 is 5.73 Å². The van der Waals surface area contributed by atoms with Crippen LogP contribution in [0.5, 0.6) is 0 Å². The number of aliphatic hydroxyl groups is 2. The number of rotatable bonds is 8. The Morgan fingerprint density at radius 3 is 1.36 bits per heavy atom. The molecule has 8 fully saturated rings. The van der Waals surface area contributed by atoms with Gasteiger partial charge in [0.2, 0.25) is 0 Å². The standard InChI is InChI=1S/C25H38N4O3.C25H37N3O4/c1-23(32)10-11-24(2)15(12-23)4-5-16-17-6-7-19(25(17,3)9-8-18(16)24)21(30)14-29-13-20(22(26)31)27-28-29;1-23(32)10-11-24(2)15(12-23)4-5-16-17-6-7-19(25(17,3)9-8-18(16)24)21(29)14-28-13-20(22(30)31)26-27-28/h13,15-19,32H,4-12,14H2,1-3H3,(H2,26,31);13,15-19,32H,4-12,14H2,1-3H3,(H,30,31)/t2*15-,16+,17+,18+,19-,23-,24+,25+/m11/s1. The first kappa shape index (κ1) is 45.6. The van der Waals surface area contributed by atoms with Crippen molar-refractivity contribution in [1.82, 2.24) is 30.0 Å². The van der Waals surface area contributed by atoms with Gasteiger partial charge in [0.25, 0.3) is 5.91 Å². The van der Waals surface area contributed by atoms with Gasteiger partial charge in [0, 0.05) is 11.8 Å². The molecular weight excluding hydrogens is 811 g/mol. The van der Waals surface area contributed by atoms with Gasteiger partial charge in [-0.3, -0.25) is 14.4 Å². The molecule has 352 valence electrons. The number of carboxylic acid groups (broad SMARTS) is 1. The molecule has 1 amide bonds. The van der Waals surface area contributed by atoms with Gasteiger partial charge >= 0.3 is 5.97 Å². The third kappa shape index (κ3) is 7.69. The molecule has 2 aromatic rings. The Bertz CT molecular complexity index is 2000. The van der Waals surface area contributed by atoms with Crippen LogP contribution in [0.1, 0.15) is 178 Å². The van der Waals surface area contributed by atoms with Crippen LogP contribution in [0.4, 0.5) is 0 Å². The zero-order valence-corrected chi connectivity index (χ0v) is 39.3. The molecule has 14 heteroatoms. The largest absolute Gasteiger partial charge is 0.476 e. The van der Waals surface area contributed by atoms with Crippen LogP contribution in [-0.4, -0.2) is 80.0 Å². The molecular formula is C50H75N7O7. The number of amides is 1. The van der Waals surface area contributed by atoms with E-state index in [1.54, 1.807) is 0 Å². The molecule has 0 saturated heterocycles. The van der Waals surface area contributed by atoms with Gasteiger partial charge in [-0.05, 0) is 198 Å². The zero-order chi connectivity index (χ0) is 45.8. The van der Waals surface area contributed by atoms with Gasteiger partial charge < -0.3 is 21.1 Å². The van der Waals surface area contributed by atoms with Crippen molar-refractivity contribution in [2.75, 3.05) is 0 Å². The SMILES string of the molecule is C[C@@]1(O)CC[C@@]2(C)[C@H](CC[C@@H]3[C@@H]2CC[C@]2(C)[C@@H](C(=O)Cn4cc(C(=O)O)nn4)CC[C@@H]32)C1.C[C@@]1(O)CC[C@@]2(C)[C@H](CC[C@@H]3[C@@H]2CC[C@]2(C)[C@@H](C(=O)Cn4cc(C(N)=O)nn4)CC[C@@H]32)C1. The van der Waals surface area contributed by atoms with E-state index in [0.29, 0.717) is 52.3 Å². The minimum atomic E-state index is -1.12. The minimum absolute atomic E-state index is 0.0172. The fourth-order valence-corrected chi connectivity index (χ4v) is 17.4. The maximum Gasteiger partial charge on any atom is 0.358 e. The Kier molecular flexibility index (Phi) is 11.5. The Morgan fingerprint density at radius 1 is 0.562 bits per heavy atom. The fourth-order valence-electron chi connectivity index (χ4n) is 17.4. The molecule has 0 unspecified atom stereocenters. The average molecular weight is 886 g/mol. The minimum Gasteiger partial charge on any atom is -0.476 e. The Hall–Kier alpha value is -3.52. The summed E-state index contributed by atoms with van der Waals surface area (Å²) in [6.45, 7) is 14.0. The Balaban J connectivity index is 0.000000162. The van der Waals surface area contributed by atoms with Crippen LogP contribution in [0.25, 0.3) is 0 Å². The summed E-state index contributed by atoms with van der Waals surface area (Å²) in [4.78, 5) is 49.0. The van der Waals surface area contributed by atoms with E-state index in [0.717, 1.165) is 83.0 Å². The topological polar surface area (TPSA) is 216 Å². The number of nitrogens with two attached hydrogens (primary N) is 1. The Morgan fingerprint density at radius 2 is 0.969 bits per heavy atom. The smallest absolute Gasteiger partial charge is 0.358 e. The van der Waals surface area contributed by atoms with Crippen LogP contribution in [0.2, 0.25) is 0 Å². The van der Waals surface area contributed by atoms with Crippen LogP contribution in [-0.2, 0) is 22.7 Å². The number of ketones is 2. The number of nitrogens with zero attached hydrogens (tertiary/aromatic N) is 6. The van der Waals surface area contributed by atoms with E-state index in [1.807, 2.05) is 13.8 Å². The molecule has 0 bridgehead atoms. The van der Waals surface area contributed by atoms with Crippen molar-refractivity contribution < 1.29 is 34.5 Å². The van der Waals surface area contributed by atoms with Gasteiger partial charge in [-0.2, -0.15) is 0 Å². The summed E-state index contributed by atoms with van der Waals surface area (Å²) in [5.74, 6) is 3.94. The van der Waals surface area contributed by atoms with Crippen molar-refractivity contribution in [1.29, 1.82) is 0 Å². The molecule has 10 rings (SSSR count). The van der Waals surface area contributed by atoms with E-state index < -0.39 is 23.1 Å². The lowest BCUT2D eigenvalue weighted by Crippen LogP contribution is -2.55. The third-order valence-electron chi connectivity index (χ3n) is 20.9. The van der Waals surface area contributed by atoms with Crippen molar-refractivity contribution in [3.05, 3.63) is 23.8 Å². The highest BCUT2D eigenvalue weighted by atomic mass is 16.4. The molecule has 16 atom stereocenters. The number of primary amides is 1. The first-order valence-corrected chi connectivity index (χ1v) is 24.9. The molecule has 2 heterocycles. The molecule has 8 aliphatic rings. The molecule has 0 aromatic carbocycles. The number of Topliss-reactive ketones (excluding diaryl/α,β-unsaturated/α-hetero) is 2. The first-order chi connectivity index (χ1) is 30.1. The summed E-state index contributed by atoms with van der Waals surface area (Å²) in [5, 5.41) is 45.6. The monoisotopic (exact) mass is 886 g/mol. The van der Waals surface area contributed by atoms with E-state index in [4.69, 9.17) is 10.8 Å². The second kappa shape index (κ2) is 16.1. The second-order valence-corrected chi connectivity index (χ2v) is 24.3. The van der Waals surface area contributed by atoms with Crippen LogP contribution in [0.3, 0.4) is 0 Å². The maximum absolute atomic E-state index is 13.3. The third-order valence-corrected chi connectivity index (χ3v) is 20.9. The van der Waals surface area contributed by atoms with E-state index in [9.17, 15) is 29.4 Å². The number of hydrogen-bond donors (Lipinski definition) is 4. The van der Waals surface area contributed by atoms with Crippen molar-refractivity contribution in [3.8, 4) is 0 Å². The first-order valence-electron chi connectivity index (χ1n) is 24.9. The predicted octanol–water partition coefficient (Wildman–Crippen LogP) is 7.31. The lowest BCUT2D eigenvalue weighted by Gasteiger charge is -2.61. The predicted molar refractivity (Wildman–Crippen MR) is 237 cm³/mol. The summed E-state index contributed by atoms with van der Waals surface area (Å²) in [6, 6.07) is 0. The van der Waals surface area contributed by atoms with Gasteiger partial charge in [-0.1, -0.05) is 38.1 Å². The molecule has 0 aliphatic heterocycles. The number of aromatic nitrogens is 6. The number of carbonyl (C=O) groups is 4. The molecule has 0 spiro atoms. The highest BCUT2D eigenvalue weighted by molar-refractivity contribution is 5.90. The fraction of sp³-hybridized carbons (Fsp3) is 0.840. The van der Waals surface area contributed by atoms with Gasteiger partial charge in [-0.25, -0.2) is 14.2 Å². The maximum atomic E-state index is 13.3. The number of aromatic carboxylic acids is 1. The Labute approximate surface area is 378 Å². The van der Waals surface area contributed by atoms with Crippen molar-refractivity contribution in [2.24, 2.45) is 86.6 Å². The van der Waals surface area contributed by atoms with E-state index in [2.05, 4.69) is 48.3 Å². The van der Waals surface area contributed by atoms with Crippen LogP contribution in [0.15, 0.2) is 12.4 Å². The zero-order valence-electron chi connectivity index (χ0n) is 39.3. The quantitative estimate of drug-likeness (QED) is 0.206. The van der Waals surface area contributed by atoms with Gasteiger partial charge in [-0.15, -0.1) is 10.2 Å². The number of hydrogen-bond acceptors (Lipinski definition) is 10. The number of fused-ring (bicyclic) bond motifs is 10. The van der Waals surface area contributed by atoms with Crippen molar-refractivity contribution >= 4 is 23.4 Å². The average Bonchev–Trinajstić information content (AvgIpc) is 4.04. The normalized spacial score (nSPS) is 45.6. The van der Waals surface area contributed by atoms with E-state index in [-0.39, 0.29) is 58.7 Å².